The van der Waals surface area contributed by atoms with E-state index in [9.17, 15) is 10.5 Å². The molecule has 0 saturated heterocycles. The van der Waals surface area contributed by atoms with Crippen LogP contribution >= 0.6 is 0 Å². The van der Waals surface area contributed by atoms with Crippen LogP contribution in [-0.4, -0.2) is 9.13 Å². The maximum Gasteiger partial charge on any atom is 0.0998 e. The van der Waals surface area contributed by atoms with Crippen LogP contribution in [0.5, 0.6) is 0 Å². The van der Waals surface area contributed by atoms with Gasteiger partial charge in [0, 0.05) is 112 Å². The molecule has 0 spiro atoms. The van der Waals surface area contributed by atoms with Crippen molar-refractivity contribution < 1.29 is 0 Å². The molecule has 2 aromatic heterocycles. The molecule has 0 atom stereocenters. The summed E-state index contributed by atoms with van der Waals surface area (Å²) >= 11 is 0. The second-order valence-electron chi connectivity index (χ2n) is 24.7. The fourth-order valence-corrected chi connectivity index (χ4v) is 14.6. The largest absolute Gasteiger partial charge is 0.310 e. The van der Waals surface area contributed by atoms with Crippen molar-refractivity contribution >= 4 is 112 Å². The van der Waals surface area contributed by atoms with Gasteiger partial charge in [0.1, 0.15) is 0 Å². The quantitative estimate of drug-likeness (QED) is 0.0960. The molecule has 8 nitrogen and oxygen atoms in total. The van der Waals surface area contributed by atoms with E-state index in [4.69, 9.17) is 0 Å². The standard InChI is InChI=1S/C92H62N8/c93-63-65-29-25-27-47-79(65)91-85(99-87-59-75(95(67-31-9-1-10-32-67)68-33-11-2-12-34-68)49-53-81(87)82-54-50-76(60-88(82)99)96(69-35-13-3-14-36-69)70-37-15-4-16-38-70)57-58-86(92(91)80-48-28-26-30-66(80)64-94)100-89-61-77(97(71-39-17-5-18-40-71)72-41-19-6-20-42-72)51-55-83(89)84-56-52-78(62-90(84)100)98(73-43-21-7-22-44-73)74-45-23-8-24-46-74/h1-62H. The zero-order valence-electron chi connectivity index (χ0n) is 54.4. The predicted octanol–water partition coefficient (Wildman–Crippen LogP) is 24.8. The van der Waals surface area contributed by atoms with Crippen LogP contribution in [0.25, 0.3) is 77.2 Å². The molecule has 15 aromatic carbocycles. The molecule has 0 bridgehead atoms. The van der Waals surface area contributed by atoms with E-state index < -0.39 is 0 Å². The zero-order valence-corrected chi connectivity index (χ0v) is 54.4. The van der Waals surface area contributed by atoms with Crippen LogP contribution in [0.15, 0.2) is 376 Å². The molecule has 0 aliphatic carbocycles. The maximum absolute atomic E-state index is 11.7. The van der Waals surface area contributed by atoms with Crippen molar-refractivity contribution in [1.29, 1.82) is 10.5 Å². The minimum absolute atomic E-state index is 0.479. The van der Waals surface area contributed by atoms with Gasteiger partial charge in [-0.3, -0.25) is 0 Å². The molecule has 0 fully saturated rings. The zero-order chi connectivity index (χ0) is 66.9. The molecule has 0 N–H and O–H groups in total. The molecule has 17 aromatic rings. The van der Waals surface area contributed by atoms with Gasteiger partial charge in [-0.15, -0.1) is 0 Å². The van der Waals surface area contributed by atoms with Crippen molar-refractivity contribution in [3.63, 3.8) is 0 Å². The number of hydrogen-bond donors (Lipinski definition) is 0. The van der Waals surface area contributed by atoms with Gasteiger partial charge in [0.2, 0.25) is 0 Å². The van der Waals surface area contributed by atoms with Crippen LogP contribution in [0.3, 0.4) is 0 Å². The van der Waals surface area contributed by atoms with Crippen molar-refractivity contribution in [2.75, 3.05) is 19.6 Å². The molecule has 0 amide bonds. The summed E-state index contributed by atoms with van der Waals surface area (Å²) in [7, 11) is 0. The molecule has 0 aliphatic rings. The van der Waals surface area contributed by atoms with E-state index in [1.807, 2.05) is 36.4 Å². The van der Waals surface area contributed by atoms with E-state index in [0.717, 1.165) is 134 Å². The first kappa shape index (κ1) is 59.8. The lowest BCUT2D eigenvalue weighted by Crippen LogP contribution is -2.11. The molecule has 2 heterocycles. The highest BCUT2D eigenvalue weighted by molar-refractivity contribution is 6.15. The average Bonchev–Trinajstić information content (AvgIpc) is 1.49. The second-order valence-corrected chi connectivity index (χ2v) is 24.7. The lowest BCUT2D eigenvalue weighted by Gasteiger charge is -2.27. The van der Waals surface area contributed by atoms with Crippen molar-refractivity contribution in [3.05, 3.63) is 387 Å². The molecule has 8 heteroatoms. The number of nitriles is 2. The monoisotopic (exact) mass is 1280 g/mol. The van der Waals surface area contributed by atoms with Crippen LogP contribution in [0.1, 0.15) is 11.1 Å². The third kappa shape index (κ3) is 10.7. The summed E-state index contributed by atoms with van der Waals surface area (Å²) in [4.78, 5) is 9.23. The molecule has 0 saturated carbocycles. The first-order chi connectivity index (χ1) is 49.6. The summed E-state index contributed by atoms with van der Waals surface area (Å²) < 4.78 is 4.81. The summed E-state index contributed by atoms with van der Waals surface area (Å²) in [5, 5.41) is 27.5. The van der Waals surface area contributed by atoms with Gasteiger partial charge in [0.05, 0.1) is 56.7 Å². The summed E-state index contributed by atoms with van der Waals surface area (Å²) in [6.07, 6.45) is 0. The topological polar surface area (TPSA) is 70.4 Å². The van der Waals surface area contributed by atoms with E-state index in [1.54, 1.807) is 0 Å². The molecule has 0 aliphatic heterocycles. The Bertz CT molecular complexity index is 5120. The van der Waals surface area contributed by atoms with Crippen molar-refractivity contribution in [2.45, 2.75) is 0 Å². The number of benzene rings is 15. The number of aromatic nitrogens is 2. The van der Waals surface area contributed by atoms with Crippen molar-refractivity contribution in [3.8, 4) is 45.8 Å². The SMILES string of the molecule is N#Cc1ccccc1-c1c(-n2c3cc(N(c4ccccc4)c4ccccc4)ccc3c3ccc(N(c4ccccc4)c4ccccc4)cc32)ccc(-n2c3cc(N(c4ccccc4)c4ccccc4)ccc3c3ccc(N(c4ccccc4)c4ccccc4)cc32)c1-c1ccccc1C#N. The van der Waals surface area contributed by atoms with Crippen LogP contribution in [0.4, 0.5) is 68.2 Å². The lowest BCUT2D eigenvalue weighted by atomic mass is 9.87. The summed E-state index contributed by atoms with van der Waals surface area (Å²) in [6, 6.07) is 137. The Labute approximate surface area is 580 Å². The summed E-state index contributed by atoms with van der Waals surface area (Å²) in [6.45, 7) is 0. The van der Waals surface area contributed by atoms with Gasteiger partial charge in [-0.05, 0) is 170 Å². The number of rotatable bonds is 16. The summed E-state index contributed by atoms with van der Waals surface area (Å²) in [5.41, 5.74) is 21.1. The van der Waals surface area contributed by atoms with E-state index >= 15 is 0 Å². The van der Waals surface area contributed by atoms with Gasteiger partial charge in [0.25, 0.3) is 0 Å². The Hall–Kier alpha value is -13.9. The maximum atomic E-state index is 11.7. The minimum Gasteiger partial charge on any atom is -0.310 e. The normalized spacial score (nSPS) is 11.2. The Morgan fingerprint density at radius 3 is 0.610 bits per heavy atom. The number of anilines is 12. The highest BCUT2D eigenvalue weighted by Crippen LogP contribution is 2.51. The van der Waals surface area contributed by atoms with Crippen LogP contribution in [0, 0.1) is 22.7 Å². The van der Waals surface area contributed by atoms with Gasteiger partial charge < -0.3 is 28.7 Å². The number of hydrogen-bond acceptors (Lipinski definition) is 6. The number of para-hydroxylation sites is 8. The first-order valence-electron chi connectivity index (χ1n) is 33.5. The van der Waals surface area contributed by atoms with E-state index in [0.29, 0.717) is 22.3 Å². The van der Waals surface area contributed by atoms with Crippen molar-refractivity contribution in [2.24, 2.45) is 0 Å². The molecule has 0 unspecified atom stereocenters. The van der Waals surface area contributed by atoms with Crippen LogP contribution in [-0.2, 0) is 0 Å². The van der Waals surface area contributed by atoms with Crippen LogP contribution in [0.2, 0.25) is 0 Å². The first-order valence-corrected chi connectivity index (χ1v) is 33.5. The van der Waals surface area contributed by atoms with Gasteiger partial charge in [-0.25, -0.2) is 0 Å². The van der Waals surface area contributed by atoms with Crippen LogP contribution < -0.4 is 19.6 Å². The van der Waals surface area contributed by atoms with Crippen molar-refractivity contribution in [1.82, 2.24) is 9.13 Å². The third-order valence-electron chi connectivity index (χ3n) is 18.9. The third-order valence-corrected chi connectivity index (χ3v) is 18.9. The Kier molecular flexibility index (Phi) is 15.6. The van der Waals surface area contributed by atoms with E-state index in [1.165, 1.54) is 0 Å². The van der Waals surface area contributed by atoms with Gasteiger partial charge in [-0.1, -0.05) is 206 Å². The molecular formula is C92H62N8. The fraction of sp³-hybridized carbons (Fsp3) is 0. The Morgan fingerprint density at radius 2 is 0.400 bits per heavy atom. The molecule has 17 rings (SSSR count). The number of fused-ring (bicyclic) bond motifs is 6. The van der Waals surface area contributed by atoms with E-state index in [2.05, 4.69) is 381 Å². The molecule has 470 valence electrons. The lowest BCUT2D eigenvalue weighted by molar-refractivity contribution is 1.14. The Balaban J connectivity index is 1.03. The van der Waals surface area contributed by atoms with Gasteiger partial charge in [0.15, 0.2) is 0 Å². The molecule has 100 heavy (non-hydrogen) atoms. The van der Waals surface area contributed by atoms with E-state index in [-0.39, 0.29) is 0 Å². The highest BCUT2D eigenvalue weighted by Gasteiger charge is 2.30. The number of nitrogens with zero attached hydrogens (tertiary/aromatic N) is 8. The highest BCUT2D eigenvalue weighted by atomic mass is 15.2. The predicted molar refractivity (Wildman–Crippen MR) is 414 cm³/mol. The average molecular weight is 1280 g/mol. The van der Waals surface area contributed by atoms with Gasteiger partial charge in [-0.2, -0.15) is 10.5 Å². The summed E-state index contributed by atoms with van der Waals surface area (Å²) in [5.74, 6) is 0. The Morgan fingerprint density at radius 1 is 0.200 bits per heavy atom. The molecule has 0 radical (unpaired) electrons. The fourth-order valence-electron chi connectivity index (χ4n) is 14.6. The van der Waals surface area contributed by atoms with Gasteiger partial charge >= 0.3 is 0 Å². The molecular weight excluding hydrogens is 1220 g/mol. The second kappa shape index (κ2) is 26.0. The smallest absolute Gasteiger partial charge is 0.0998 e. The minimum atomic E-state index is 0.479.